The number of nitriles is 1. The first-order valence-corrected chi connectivity index (χ1v) is 6.42. The Morgan fingerprint density at radius 1 is 1.27 bits per heavy atom. The highest BCUT2D eigenvalue weighted by molar-refractivity contribution is 6.14. The first-order valence-electron chi connectivity index (χ1n) is 6.42. The highest BCUT2D eigenvalue weighted by Gasteiger charge is 2.21. The van der Waals surface area contributed by atoms with Gasteiger partial charge in [-0.05, 0) is 36.4 Å². The Hall–Kier alpha value is -3.07. The standard InChI is InChI=1S/C16H12FN3O2/c1-20(10-8-18)16(22)13-3-2-9-19-14(13)15(21)11-4-6-12(17)7-5-11/h2-7,9H,10H2,1H3. The van der Waals surface area contributed by atoms with Gasteiger partial charge in [0.15, 0.2) is 0 Å². The molecule has 22 heavy (non-hydrogen) atoms. The van der Waals surface area contributed by atoms with Gasteiger partial charge < -0.3 is 4.90 Å². The highest BCUT2D eigenvalue weighted by Crippen LogP contribution is 2.14. The summed E-state index contributed by atoms with van der Waals surface area (Å²) in [6.07, 6.45) is 1.40. The number of carbonyl (C=O) groups excluding carboxylic acids is 2. The molecule has 1 aromatic heterocycles. The van der Waals surface area contributed by atoms with Gasteiger partial charge in [-0.3, -0.25) is 14.6 Å². The quantitative estimate of drug-likeness (QED) is 0.639. The summed E-state index contributed by atoms with van der Waals surface area (Å²) in [5.74, 6) is -1.41. The molecule has 0 bridgehead atoms. The summed E-state index contributed by atoms with van der Waals surface area (Å²) in [7, 11) is 1.46. The number of rotatable bonds is 4. The summed E-state index contributed by atoms with van der Waals surface area (Å²) in [4.78, 5) is 29.9. The van der Waals surface area contributed by atoms with Crippen LogP contribution in [0, 0.1) is 17.1 Å². The van der Waals surface area contributed by atoms with Crippen LogP contribution in [0.3, 0.4) is 0 Å². The van der Waals surface area contributed by atoms with Crippen molar-refractivity contribution in [3.63, 3.8) is 0 Å². The molecule has 6 heteroatoms. The van der Waals surface area contributed by atoms with E-state index in [4.69, 9.17) is 5.26 Å². The fourth-order valence-electron chi connectivity index (χ4n) is 1.88. The molecular formula is C16H12FN3O2. The molecular weight excluding hydrogens is 285 g/mol. The average Bonchev–Trinajstić information content (AvgIpc) is 2.54. The Balaban J connectivity index is 2.40. The topological polar surface area (TPSA) is 74.1 Å². The van der Waals surface area contributed by atoms with Crippen molar-refractivity contribution in [2.24, 2.45) is 0 Å². The van der Waals surface area contributed by atoms with Crippen LogP contribution in [0.2, 0.25) is 0 Å². The molecule has 0 aliphatic heterocycles. The second-order valence-corrected chi connectivity index (χ2v) is 4.55. The Morgan fingerprint density at radius 3 is 2.59 bits per heavy atom. The smallest absolute Gasteiger partial charge is 0.256 e. The molecule has 0 fully saturated rings. The minimum atomic E-state index is -0.477. The van der Waals surface area contributed by atoms with Gasteiger partial charge in [0.25, 0.3) is 5.91 Å². The molecule has 0 unspecified atom stereocenters. The SMILES string of the molecule is CN(CC#N)C(=O)c1cccnc1C(=O)c1ccc(F)cc1. The number of aromatic nitrogens is 1. The van der Waals surface area contributed by atoms with E-state index >= 15 is 0 Å². The molecule has 0 saturated heterocycles. The predicted octanol–water partition coefficient (Wildman–Crippen LogP) is 2.05. The summed E-state index contributed by atoms with van der Waals surface area (Å²) in [5.41, 5.74) is 0.315. The van der Waals surface area contributed by atoms with Gasteiger partial charge in [-0.25, -0.2) is 4.39 Å². The van der Waals surface area contributed by atoms with Crippen molar-refractivity contribution in [1.29, 1.82) is 5.26 Å². The molecule has 0 aliphatic rings. The van der Waals surface area contributed by atoms with E-state index in [0.29, 0.717) is 0 Å². The van der Waals surface area contributed by atoms with Crippen molar-refractivity contribution in [2.75, 3.05) is 13.6 Å². The second-order valence-electron chi connectivity index (χ2n) is 4.55. The van der Waals surface area contributed by atoms with E-state index in [-0.39, 0.29) is 23.4 Å². The number of halogens is 1. The van der Waals surface area contributed by atoms with Gasteiger partial charge in [0.2, 0.25) is 5.78 Å². The van der Waals surface area contributed by atoms with Gasteiger partial charge in [-0.15, -0.1) is 0 Å². The molecule has 0 N–H and O–H groups in total. The zero-order valence-electron chi connectivity index (χ0n) is 11.8. The lowest BCUT2D eigenvalue weighted by atomic mass is 10.0. The van der Waals surface area contributed by atoms with Crippen LogP contribution in [0.25, 0.3) is 0 Å². The summed E-state index contributed by atoms with van der Waals surface area (Å²) < 4.78 is 12.9. The van der Waals surface area contributed by atoms with Crippen molar-refractivity contribution in [2.45, 2.75) is 0 Å². The van der Waals surface area contributed by atoms with Crippen molar-refractivity contribution in [1.82, 2.24) is 9.88 Å². The fraction of sp³-hybridized carbons (Fsp3) is 0.125. The lowest BCUT2D eigenvalue weighted by Gasteiger charge is -2.14. The number of pyridine rings is 1. The number of hydrogen-bond donors (Lipinski definition) is 0. The number of nitrogens with zero attached hydrogens (tertiary/aromatic N) is 3. The first-order chi connectivity index (χ1) is 10.5. The highest BCUT2D eigenvalue weighted by atomic mass is 19.1. The van der Waals surface area contributed by atoms with Crippen LogP contribution < -0.4 is 0 Å². The van der Waals surface area contributed by atoms with Gasteiger partial charge in [-0.2, -0.15) is 5.26 Å². The van der Waals surface area contributed by atoms with E-state index in [1.807, 2.05) is 6.07 Å². The van der Waals surface area contributed by atoms with E-state index in [1.54, 1.807) is 0 Å². The Morgan fingerprint density at radius 2 is 1.95 bits per heavy atom. The summed E-state index contributed by atoms with van der Waals surface area (Å²) in [6.45, 7) is -0.0993. The van der Waals surface area contributed by atoms with Gasteiger partial charge in [-0.1, -0.05) is 0 Å². The maximum atomic E-state index is 12.9. The van der Waals surface area contributed by atoms with Crippen LogP contribution in [-0.4, -0.2) is 35.2 Å². The van der Waals surface area contributed by atoms with E-state index in [9.17, 15) is 14.0 Å². The minimum absolute atomic E-state index is 0.0242. The normalized spacial score (nSPS) is 9.86. The van der Waals surface area contributed by atoms with Crippen molar-refractivity contribution < 1.29 is 14.0 Å². The molecule has 2 aromatic rings. The third-order valence-electron chi connectivity index (χ3n) is 3.01. The van der Waals surface area contributed by atoms with Crippen molar-refractivity contribution in [3.8, 4) is 6.07 Å². The zero-order chi connectivity index (χ0) is 16.1. The monoisotopic (exact) mass is 297 g/mol. The predicted molar refractivity (Wildman–Crippen MR) is 76.6 cm³/mol. The van der Waals surface area contributed by atoms with Crippen LogP contribution in [0.4, 0.5) is 4.39 Å². The van der Waals surface area contributed by atoms with Crippen LogP contribution in [0.15, 0.2) is 42.6 Å². The van der Waals surface area contributed by atoms with E-state index in [2.05, 4.69) is 4.98 Å². The maximum Gasteiger partial charge on any atom is 0.256 e. The third kappa shape index (κ3) is 3.15. The minimum Gasteiger partial charge on any atom is -0.328 e. The summed E-state index contributed by atoms with van der Waals surface area (Å²) in [5, 5.41) is 8.65. The van der Waals surface area contributed by atoms with Crippen LogP contribution in [0.1, 0.15) is 26.4 Å². The molecule has 0 atom stereocenters. The molecule has 2 rings (SSSR count). The Labute approximate surface area is 126 Å². The molecule has 110 valence electrons. The van der Waals surface area contributed by atoms with Crippen LogP contribution in [-0.2, 0) is 0 Å². The second kappa shape index (κ2) is 6.59. The van der Waals surface area contributed by atoms with Gasteiger partial charge >= 0.3 is 0 Å². The summed E-state index contributed by atoms with van der Waals surface area (Å²) in [6, 6.07) is 9.87. The fourth-order valence-corrected chi connectivity index (χ4v) is 1.88. The van der Waals surface area contributed by atoms with Crippen molar-refractivity contribution >= 4 is 11.7 Å². The number of carbonyl (C=O) groups is 2. The number of hydrogen-bond acceptors (Lipinski definition) is 4. The van der Waals surface area contributed by atoms with E-state index < -0.39 is 17.5 Å². The summed E-state index contributed by atoms with van der Waals surface area (Å²) >= 11 is 0. The molecule has 0 aliphatic carbocycles. The first kappa shape index (κ1) is 15.3. The molecule has 0 spiro atoms. The van der Waals surface area contributed by atoms with E-state index in [0.717, 1.165) is 0 Å². The van der Waals surface area contributed by atoms with E-state index in [1.165, 1.54) is 54.5 Å². The maximum absolute atomic E-state index is 12.9. The number of ketones is 1. The third-order valence-corrected chi connectivity index (χ3v) is 3.01. The van der Waals surface area contributed by atoms with Gasteiger partial charge in [0.05, 0.1) is 11.6 Å². The average molecular weight is 297 g/mol. The van der Waals surface area contributed by atoms with Crippen LogP contribution in [0.5, 0.6) is 0 Å². The zero-order valence-corrected chi connectivity index (χ0v) is 11.8. The Bertz CT molecular complexity index is 751. The Kier molecular flexibility index (Phi) is 4.59. The van der Waals surface area contributed by atoms with Gasteiger partial charge in [0, 0.05) is 18.8 Å². The van der Waals surface area contributed by atoms with Gasteiger partial charge in [0.1, 0.15) is 18.1 Å². The molecule has 1 aromatic carbocycles. The van der Waals surface area contributed by atoms with Crippen LogP contribution >= 0.6 is 0 Å². The lowest BCUT2D eigenvalue weighted by molar-refractivity contribution is 0.0806. The largest absolute Gasteiger partial charge is 0.328 e. The molecule has 0 radical (unpaired) electrons. The van der Waals surface area contributed by atoms with Crippen molar-refractivity contribution in [3.05, 3.63) is 65.2 Å². The molecule has 0 saturated carbocycles. The number of amides is 1. The molecule has 5 nitrogen and oxygen atoms in total. The lowest BCUT2D eigenvalue weighted by Crippen LogP contribution is -2.29. The molecule has 1 heterocycles. The number of benzene rings is 1. The molecule has 1 amide bonds.